The molecule has 0 radical (unpaired) electrons. The quantitative estimate of drug-likeness (QED) is 0.789. The lowest BCUT2D eigenvalue weighted by Gasteiger charge is -2.44. The molecule has 1 aromatic carbocycles. The number of nitrogens with zero attached hydrogens (tertiary/aromatic N) is 2. The number of hydrogen-bond acceptors (Lipinski definition) is 5. The van der Waals surface area contributed by atoms with E-state index in [4.69, 9.17) is 10.2 Å². The van der Waals surface area contributed by atoms with Gasteiger partial charge in [0, 0.05) is 24.7 Å². The maximum absolute atomic E-state index is 9.88. The number of aliphatic hydroxyl groups is 1. The first-order valence-electron chi connectivity index (χ1n) is 6.07. The van der Waals surface area contributed by atoms with E-state index in [1.165, 1.54) is 0 Å². The molecule has 0 bridgehead atoms. The highest BCUT2D eigenvalue weighted by Gasteiger charge is 2.39. The van der Waals surface area contributed by atoms with Gasteiger partial charge in [0.1, 0.15) is 5.52 Å². The summed E-state index contributed by atoms with van der Waals surface area (Å²) in [4.78, 5) is 6.44. The minimum absolute atomic E-state index is 0.262. The molecule has 2 aromatic rings. The van der Waals surface area contributed by atoms with Crippen LogP contribution in [0.5, 0.6) is 0 Å². The van der Waals surface area contributed by atoms with Crippen LogP contribution >= 0.6 is 0 Å². The Labute approximate surface area is 105 Å². The second-order valence-electron chi connectivity index (χ2n) is 5.48. The lowest BCUT2D eigenvalue weighted by molar-refractivity contribution is 0.00338. The topological polar surface area (TPSA) is 75.5 Å². The Hall–Kier alpha value is -1.75. The van der Waals surface area contributed by atoms with Gasteiger partial charge in [-0.25, -0.2) is 0 Å². The Kier molecular flexibility index (Phi) is 2.28. The van der Waals surface area contributed by atoms with Gasteiger partial charge in [-0.2, -0.15) is 4.98 Å². The molecule has 0 aliphatic carbocycles. The fourth-order valence-corrected chi connectivity index (χ4v) is 2.15. The van der Waals surface area contributed by atoms with Crippen molar-refractivity contribution in [2.24, 2.45) is 5.92 Å². The van der Waals surface area contributed by atoms with E-state index in [9.17, 15) is 5.11 Å². The zero-order chi connectivity index (χ0) is 12.9. The van der Waals surface area contributed by atoms with Gasteiger partial charge in [0.15, 0.2) is 5.58 Å². The van der Waals surface area contributed by atoms with Crippen LogP contribution in [0.4, 0.5) is 11.7 Å². The van der Waals surface area contributed by atoms with E-state index in [0.29, 0.717) is 11.7 Å². The van der Waals surface area contributed by atoms with E-state index in [2.05, 4.69) is 4.98 Å². The van der Waals surface area contributed by atoms with Crippen LogP contribution in [-0.4, -0.2) is 28.8 Å². The molecule has 0 amide bonds. The SMILES string of the molecule is CC(C)(O)C1CN(c2nc3cc(N)ccc3o2)C1. The molecule has 5 heteroatoms. The number of hydrogen-bond donors (Lipinski definition) is 2. The van der Waals surface area contributed by atoms with Gasteiger partial charge in [0.25, 0.3) is 6.01 Å². The molecule has 5 nitrogen and oxygen atoms in total. The highest BCUT2D eigenvalue weighted by Crippen LogP contribution is 2.32. The lowest BCUT2D eigenvalue weighted by Crippen LogP contribution is -2.56. The summed E-state index contributed by atoms with van der Waals surface area (Å²) in [5, 5.41) is 9.88. The average Bonchev–Trinajstić information content (AvgIpc) is 2.55. The van der Waals surface area contributed by atoms with E-state index in [1.807, 2.05) is 24.8 Å². The largest absolute Gasteiger partial charge is 0.423 e. The maximum Gasteiger partial charge on any atom is 0.298 e. The summed E-state index contributed by atoms with van der Waals surface area (Å²) in [7, 11) is 0. The third-order valence-electron chi connectivity index (χ3n) is 3.55. The lowest BCUT2D eigenvalue weighted by atomic mass is 9.85. The summed E-state index contributed by atoms with van der Waals surface area (Å²) in [5.41, 5.74) is 7.26. The molecule has 1 aromatic heterocycles. The Morgan fingerprint density at radius 2 is 2.17 bits per heavy atom. The molecule has 0 saturated carbocycles. The molecule has 3 N–H and O–H groups in total. The van der Waals surface area contributed by atoms with Gasteiger partial charge in [0.2, 0.25) is 0 Å². The molecule has 0 atom stereocenters. The van der Waals surface area contributed by atoms with Crippen molar-refractivity contribution in [1.29, 1.82) is 0 Å². The van der Waals surface area contributed by atoms with Crippen molar-refractivity contribution in [3.63, 3.8) is 0 Å². The predicted molar refractivity (Wildman–Crippen MR) is 70.4 cm³/mol. The summed E-state index contributed by atoms with van der Waals surface area (Å²) in [5.74, 6) is 0.262. The van der Waals surface area contributed by atoms with Crippen molar-refractivity contribution in [2.75, 3.05) is 23.7 Å². The van der Waals surface area contributed by atoms with E-state index < -0.39 is 5.60 Å². The number of nitrogen functional groups attached to an aromatic ring is 1. The van der Waals surface area contributed by atoms with Crippen molar-refractivity contribution in [3.05, 3.63) is 18.2 Å². The molecule has 1 fully saturated rings. The van der Waals surface area contributed by atoms with Crippen LogP contribution in [0, 0.1) is 5.92 Å². The van der Waals surface area contributed by atoms with Crippen LogP contribution in [-0.2, 0) is 0 Å². The standard InChI is InChI=1S/C13H17N3O2/c1-13(2,17)8-6-16(7-8)12-15-10-5-9(14)3-4-11(10)18-12/h3-5,8,17H,6-7,14H2,1-2H3. The van der Waals surface area contributed by atoms with Gasteiger partial charge in [-0.3, -0.25) is 0 Å². The van der Waals surface area contributed by atoms with E-state index in [1.54, 1.807) is 12.1 Å². The molecule has 1 aliphatic rings. The minimum atomic E-state index is -0.646. The minimum Gasteiger partial charge on any atom is -0.423 e. The molecule has 96 valence electrons. The molecule has 0 unspecified atom stereocenters. The zero-order valence-corrected chi connectivity index (χ0v) is 10.6. The number of anilines is 2. The van der Waals surface area contributed by atoms with Crippen molar-refractivity contribution in [2.45, 2.75) is 19.4 Å². The molecule has 1 aliphatic heterocycles. The first kappa shape index (κ1) is 11.3. The van der Waals surface area contributed by atoms with Crippen LogP contribution in [0.3, 0.4) is 0 Å². The van der Waals surface area contributed by atoms with Gasteiger partial charge in [-0.1, -0.05) is 0 Å². The highest BCUT2D eigenvalue weighted by molar-refractivity contribution is 5.78. The highest BCUT2D eigenvalue weighted by atomic mass is 16.4. The third-order valence-corrected chi connectivity index (χ3v) is 3.55. The Morgan fingerprint density at radius 3 is 2.83 bits per heavy atom. The van der Waals surface area contributed by atoms with Crippen LogP contribution < -0.4 is 10.6 Å². The third kappa shape index (κ3) is 1.80. The zero-order valence-electron chi connectivity index (χ0n) is 10.6. The van der Waals surface area contributed by atoms with Crippen LogP contribution in [0.25, 0.3) is 11.1 Å². The second kappa shape index (κ2) is 3.62. The molecular weight excluding hydrogens is 230 g/mol. The molecular formula is C13H17N3O2. The summed E-state index contributed by atoms with van der Waals surface area (Å²) in [6, 6.07) is 6.04. The summed E-state index contributed by atoms with van der Waals surface area (Å²) in [6.07, 6.45) is 0. The molecule has 0 spiro atoms. The smallest absolute Gasteiger partial charge is 0.298 e. The van der Waals surface area contributed by atoms with Gasteiger partial charge in [-0.05, 0) is 32.0 Å². The van der Waals surface area contributed by atoms with E-state index in [0.717, 1.165) is 24.2 Å². The van der Waals surface area contributed by atoms with Gasteiger partial charge >= 0.3 is 0 Å². The molecule has 3 rings (SSSR count). The molecule has 1 saturated heterocycles. The monoisotopic (exact) mass is 247 g/mol. The number of nitrogens with two attached hydrogens (primary N) is 1. The Bertz CT molecular complexity index is 579. The van der Waals surface area contributed by atoms with Gasteiger partial charge in [0.05, 0.1) is 5.60 Å². The van der Waals surface area contributed by atoms with Gasteiger partial charge < -0.3 is 20.2 Å². The molecule has 2 heterocycles. The van der Waals surface area contributed by atoms with Crippen LogP contribution in [0.1, 0.15) is 13.8 Å². The van der Waals surface area contributed by atoms with Crippen LogP contribution in [0.2, 0.25) is 0 Å². The van der Waals surface area contributed by atoms with Crippen molar-refractivity contribution < 1.29 is 9.52 Å². The Balaban J connectivity index is 1.81. The molecule has 18 heavy (non-hydrogen) atoms. The first-order valence-corrected chi connectivity index (χ1v) is 6.07. The number of fused-ring (bicyclic) bond motifs is 1. The van der Waals surface area contributed by atoms with E-state index >= 15 is 0 Å². The van der Waals surface area contributed by atoms with Crippen molar-refractivity contribution in [1.82, 2.24) is 4.98 Å². The summed E-state index contributed by atoms with van der Waals surface area (Å²) in [6.45, 7) is 5.21. The van der Waals surface area contributed by atoms with Gasteiger partial charge in [-0.15, -0.1) is 0 Å². The predicted octanol–water partition coefficient (Wildman–Crippen LogP) is 1.62. The number of benzene rings is 1. The van der Waals surface area contributed by atoms with Crippen molar-refractivity contribution >= 4 is 22.8 Å². The number of oxazole rings is 1. The average molecular weight is 247 g/mol. The fourth-order valence-electron chi connectivity index (χ4n) is 2.15. The number of aromatic nitrogens is 1. The Morgan fingerprint density at radius 1 is 1.44 bits per heavy atom. The first-order chi connectivity index (χ1) is 8.43. The van der Waals surface area contributed by atoms with Crippen molar-refractivity contribution in [3.8, 4) is 0 Å². The second-order valence-corrected chi connectivity index (χ2v) is 5.48. The normalized spacial score (nSPS) is 17.2. The summed E-state index contributed by atoms with van der Waals surface area (Å²) >= 11 is 0. The number of rotatable bonds is 2. The summed E-state index contributed by atoms with van der Waals surface area (Å²) < 4.78 is 5.67. The van der Waals surface area contributed by atoms with E-state index in [-0.39, 0.29) is 5.92 Å². The fraction of sp³-hybridized carbons (Fsp3) is 0.462. The maximum atomic E-state index is 9.88. The van der Waals surface area contributed by atoms with Crippen LogP contribution in [0.15, 0.2) is 22.6 Å².